The lowest BCUT2D eigenvalue weighted by Gasteiger charge is -2.19. The second kappa shape index (κ2) is 4.04. The number of ketones is 1. The molecule has 1 fully saturated rings. The maximum atomic E-state index is 11.3. The Bertz CT molecular complexity index is 608. The number of Topliss-reactive ketones (excluding diaryl/α,β-unsaturated/α-hetero) is 1. The van der Waals surface area contributed by atoms with Gasteiger partial charge in [0.15, 0.2) is 5.65 Å². The number of carbonyl (C=O) groups is 1. The molecule has 0 aromatic carbocycles. The maximum Gasteiger partial charge on any atom is 0.163 e. The van der Waals surface area contributed by atoms with E-state index in [1.165, 1.54) is 6.33 Å². The maximum absolute atomic E-state index is 11.3. The molecule has 2 aromatic rings. The summed E-state index contributed by atoms with van der Waals surface area (Å²) < 4.78 is 1.74. The predicted molar refractivity (Wildman–Crippen MR) is 66.9 cm³/mol. The molecule has 0 aliphatic heterocycles. The van der Waals surface area contributed by atoms with Gasteiger partial charge in [0.2, 0.25) is 0 Å². The van der Waals surface area contributed by atoms with Crippen molar-refractivity contribution in [3.8, 4) is 0 Å². The van der Waals surface area contributed by atoms with Crippen molar-refractivity contribution in [1.82, 2.24) is 19.7 Å². The Morgan fingerprint density at radius 2 is 2.06 bits per heavy atom. The smallest absolute Gasteiger partial charge is 0.163 e. The first-order valence-electron chi connectivity index (χ1n) is 6.11. The monoisotopic (exact) mass is 245 g/mol. The summed E-state index contributed by atoms with van der Waals surface area (Å²) in [6, 6.07) is 0. The summed E-state index contributed by atoms with van der Waals surface area (Å²) in [7, 11) is 1.85. The lowest BCUT2D eigenvalue weighted by molar-refractivity contribution is -0.120. The van der Waals surface area contributed by atoms with Crippen molar-refractivity contribution >= 4 is 22.6 Å². The van der Waals surface area contributed by atoms with E-state index in [0.717, 1.165) is 29.6 Å². The van der Waals surface area contributed by atoms with Crippen molar-refractivity contribution in [2.75, 3.05) is 5.73 Å². The van der Waals surface area contributed by atoms with Crippen LogP contribution in [0.2, 0.25) is 0 Å². The summed E-state index contributed by atoms with van der Waals surface area (Å²) in [4.78, 5) is 19.6. The molecule has 2 heterocycles. The van der Waals surface area contributed by atoms with Crippen LogP contribution >= 0.6 is 0 Å². The molecule has 1 aliphatic rings. The lowest BCUT2D eigenvalue weighted by Crippen LogP contribution is -2.13. The van der Waals surface area contributed by atoms with Gasteiger partial charge < -0.3 is 5.73 Å². The van der Waals surface area contributed by atoms with E-state index in [1.54, 1.807) is 4.68 Å². The Hall–Kier alpha value is -1.98. The van der Waals surface area contributed by atoms with Gasteiger partial charge in [-0.25, -0.2) is 9.97 Å². The molecule has 3 rings (SSSR count). The van der Waals surface area contributed by atoms with Gasteiger partial charge in [0, 0.05) is 25.8 Å². The number of nitrogen functional groups attached to an aromatic ring is 1. The average Bonchev–Trinajstić information content (AvgIpc) is 2.70. The summed E-state index contributed by atoms with van der Waals surface area (Å²) in [6.07, 6.45) is 4.42. The quantitative estimate of drug-likeness (QED) is 0.815. The Labute approximate surface area is 104 Å². The Balaban J connectivity index is 2.09. The van der Waals surface area contributed by atoms with E-state index in [-0.39, 0.29) is 0 Å². The Morgan fingerprint density at radius 3 is 2.78 bits per heavy atom. The van der Waals surface area contributed by atoms with Gasteiger partial charge in [-0.2, -0.15) is 5.10 Å². The number of hydrogen-bond donors (Lipinski definition) is 1. The van der Waals surface area contributed by atoms with Gasteiger partial charge in [-0.1, -0.05) is 0 Å². The zero-order valence-electron chi connectivity index (χ0n) is 10.3. The summed E-state index contributed by atoms with van der Waals surface area (Å²) in [5.41, 5.74) is 7.63. The third-order valence-electron chi connectivity index (χ3n) is 3.61. The normalized spacial score (nSPS) is 17.5. The molecule has 1 saturated carbocycles. The highest BCUT2D eigenvalue weighted by Crippen LogP contribution is 2.35. The van der Waals surface area contributed by atoms with Gasteiger partial charge in [-0.3, -0.25) is 9.48 Å². The topological polar surface area (TPSA) is 86.7 Å². The van der Waals surface area contributed by atoms with Crippen LogP contribution in [0.5, 0.6) is 0 Å². The predicted octanol–water partition coefficient (Wildman–Crippen LogP) is 1.17. The molecule has 6 nitrogen and oxygen atoms in total. The van der Waals surface area contributed by atoms with Crippen molar-refractivity contribution in [2.24, 2.45) is 7.05 Å². The fraction of sp³-hybridized carbons (Fsp3) is 0.500. The average molecular weight is 245 g/mol. The number of nitrogens with two attached hydrogens (primary N) is 1. The number of aromatic nitrogens is 4. The van der Waals surface area contributed by atoms with Gasteiger partial charge in [-0.05, 0) is 12.8 Å². The van der Waals surface area contributed by atoms with Crippen LogP contribution < -0.4 is 5.73 Å². The second-order valence-electron chi connectivity index (χ2n) is 4.78. The van der Waals surface area contributed by atoms with E-state index < -0.39 is 0 Å². The molecule has 18 heavy (non-hydrogen) atoms. The van der Waals surface area contributed by atoms with E-state index in [1.807, 2.05) is 7.05 Å². The first kappa shape index (κ1) is 11.1. The van der Waals surface area contributed by atoms with Crippen molar-refractivity contribution in [3.63, 3.8) is 0 Å². The summed E-state index contributed by atoms with van der Waals surface area (Å²) in [5, 5.41) is 5.37. The summed E-state index contributed by atoms with van der Waals surface area (Å²) in [6.45, 7) is 0. The molecular weight excluding hydrogens is 230 g/mol. The first-order valence-corrected chi connectivity index (χ1v) is 6.11. The van der Waals surface area contributed by atoms with Crippen LogP contribution in [0.15, 0.2) is 6.33 Å². The second-order valence-corrected chi connectivity index (χ2v) is 4.78. The highest BCUT2D eigenvalue weighted by Gasteiger charge is 2.26. The highest BCUT2D eigenvalue weighted by atomic mass is 16.1. The van der Waals surface area contributed by atoms with Crippen LogP contribution in [0.25, 0.3) is 11.0 Å². The molecule has 0 bridgehead atoms. The number of fused-ring (bicyclic) bond motifs is 1. The lowest BCUT2D eigenvalue weighted by atomic mass is 9.85. The molecule has 1 aliphatic carbocycles. The molecule has 0 atom stereocenters. The molecule has 6 heteroatoms. The molecule has 0 radical (unpaired) electrons. The van der Waals surface area contributed by atoms with Gasteiger partial charge >= 0.3 is 0 Å². The van der Waals surface area contributed by atoms with E-state index in [9.17, 15) is 4.79 Å². The van der Waals surface area contributed by atoms with Crippen LogP contribution in [0.4, 0.5) is 5.82 Å². The molecule has 2 N–H and O–H groups in total. The van der Waals surface area contributed by atoms with Crippen LogP contribution in [-0.4, -0.2) is 25.5 Å². The third kappa shape index (κ3) is 1.64. The van der Waals surface area contributed by atoms with Crippen LogP contribution in [0, 0.1) is 0 Å². The van der Waals surface area contributed by atoms with E-state index in [2.05, 4.69) is 15.1 Å². The van der Waals surface area contributed by atoms with Crippen molar-refractivity contribution in [2.45, 2.75) is 31.6 Å². The van der Waals surface area contributed by atoms with Gasteiger partial charge in [0.05, 0.1) is 11.1 Å². The fourth-order valence-electron chi connectivity index (χ4n) is 2.64. The van der Waals surface area contributed by atoms with Crippen molar-refractivity contribution in [3.05, 3.63) is 12.0 Å². The third-order valence-corrected chi connectivity index (χ3v) is 3.61. The van der Waals surface area contributed by atoms with Gasteiger partial charge in [0.1, 0.15) is 17.9 Å². The molecule has 0 amide bonds. The van der Waals surface area contributed by atoms with Gasteiger partial charge in [-0.15, -0.1) is 0 Å². The minimum atomic E-state index is 0.291. The van der Waals surface area contributed by atoms with E-state index >= 15 is 0 Å². The van der Waals surface area contributed by atoms with Crippen molar-refractivity contribution in [1.29, 1.82) is 0 Å². The number of carbonyl (C=O) groups excluding carboxylic acids is 1. The summed E-state index contributed by atoms with van der Waals surface area (Å²) in [5.74, 6) is 1.11. The number of aryl methyl sites for hydroxylation is 1. The highest BCUT2D eigenvalue weighted by molar-refractivity contribution is 5.89. The minimum absolute atomic E-state index is 0.291. The largest absolute Gasteiger partial charge is 0.383 e. The van der Waals surface area contributed by atoms with E-state index in [4.69, 9.17) is 5.73 Å². The standard InChI is InChI=1S/C12H15N5O/c1-17-12-9(11(13)14-6-15-12)10(16-17)7-2-4-8(18)5-3-7/h6-7H,2-5H2,1H3,(H2,13,14,15). The number of hydrogen-bond acceptors (Lipinski definition) is 5. The van der Waals surface area contributed by atoms with Crippen LogP contribution in [0.1, 0.15) is 37.3 Å². The molecule has 0 saturated heterocycles. The Morgan fingerprint density at radius 1 is 1.33 bits per heavy atom. The minimum Gasteiger partial charge on any atom is -0.383 e. The SMILES string of the molecule is Cn1nc(C2CCC(=O)CC2)c2c(N)ncnc21. The fourth-order valence-corrected chi connectivity index (χ4v) is 2.64. The summed E-state index contributed by atoms with van der Waals surface area (Å²) >= 11 is 0. The zero-order valence-corrected chi connectivity index (χ0v) is 10.3. The van der Waals surface area contributed by atoms with E-state index in [0.29, 0.717) is 30.4 Å². The van der Waals surface area contributed by atoms with Crippen LogP contribution in [-0.2, 0) is 11.8 Å². The number of rotatable bonds is 1. The molecule has 0 unspecified atom stereocenters. The molecular formula is C12H15N5O. The molecule has 2 aromatic heterocycles. The Kier molecular flexibility index (Phi) is 2.50. The molecule has 94 valence electrons. The van der Waals surface area contributed by atoms with Crippen LogP contribution in [0.3, 0.4) is 0 Å². The first-order chi connectivity index (χ1) is 8.66. The molecule has 0 spiro atoms. The van der Waals surface area contributed by atoms with Crippen molar-refractivity contribution < 1.29 is 4.79 Å². The number of nitrogens with zero attached hydrogens (tertiary/aromatic N) is 4. The van der Waals surface area contributed by atoms with Gasteiger partial charge in [0.25, 0.3) is 0 Å². The zero-order chi connectivity index (χ0) is 12.7. The number of anilines is 1.